The number of aromatic nitrogens is 3. The molecule has 0 aliphatic carbocycles. The van der Waals surface area contributed by atoms with E-state index in [1.54, 1.807) is 23.7 Å². The molecule has 1 heterocycles. The Kier molecular flexibility index (Phi) is 4.36. The second-order valence-corrected chi connectivity index (χ2v) is 6.05. The molecule has 0 atom stereocenters. The molecule has 24 heavy (non-hydrogen) atoms. The Morgan fingerprint density at radius 3 is 2.62 bits per heavy atom. The summed E-state index contributed by atoms with van der Waals surface area (Å²) < 4.78 is 1.60. The molecule has 6 heteroatoms. The Bertz CT molecular complexity index is 917. The van der Waals surface area contributed by atoms with E-state index in [-0.39, 0.29) is 11.6 Å². The number of rotatable bonds is 3. The molecule has 1 amide bonds. The Labute approximate surface area is 145 Å². The third kappa shape index (κ3) is 3.03. The lowest BCUT2D eigenvalue weighted by Crippen LogP contribution is -2.15. The predicted octanol–water partition coefficient (Wildman–Crippen LogP) is 4.10. The molecule has 3 rings (SSSR count). The number of hydrogen-bond donors (Lipinski definition) is 1. The molecule has 0 aliphatic heterocycles. The van der Waals surface area contributed by atoms with E-state index in [0.29, 0.717) is 10.7 Å². The van der Waals surface area contributed by atoms with Gasteiger partial charge in [-0.1, -0.05) is 35.0 Å². The van der Waals surface area contributed by atoms with Gasteiger partial charge in [-0.15, -0.1) is 5.10 Å². The van der Waals surface area contributed by atoms with E-state index in [1.807, 2.05) is 44.2 Å². The van der Waals surface area contributed by atoms with E-state index in [1.165, 1.54) is 0 Å². The molecule has 0 fully saturated rings. The van der Waals surface area contributed by atoms with Gasteiger partial charge in [-0.05, 0) is 56.2 Å². The van der Waals surface area contributed by atoms with E-state index in [2.05, 4.69) is 15.6 Å². The molecule has 0 aliphatic rings. The van der Waals surface area contributed by atoms with Crippen LogP contribution in [0.15, 0.2) is 42.5 Å². The zero-order valence-corrected chi connectivity index (χ0v) is 14.4. The van der Waals surface area contributed by atoms with Gasteiger partial charge in [-0.3, -0.25) is 4.79 Å². The first-order chi connectivity index (χ1) is 11.5. The summed E-state index contributed by atoms with van der Waals surface area (Å²) in [6.07, 6.45) is 0. The van der Waals surface area contributed by atoms with Crippen molar-refractivity contribution in [3.63, 3.8) is 0 Å². The Hall–Kier alpha value is -2.66. The highest BCUT2D eigenvalue weighted by molar-refractivity contribution is 6.30. The van der Waals surface area contributed by atoms with Crippen molar-refractivity contribution in [3.8, 4) is 5.69 Å². The first-order valence-corrected chi connectivity index (χ1v) is 7.91. The largest absolute Gasteiger partial charge is 0.320 e. The van der Waals surface area contributed by atoms with Crippen LogP contribution in [0.2, 0.25) is 5.02 Å². The highest BCUT2D eigenvalue weighted by Gasteiger charge is 2.18. The average molecular weight is 341 g/mol. The number of aryl methyl sites for hydroxylation is 1. The summed E-state index contributed by atoms with van der Waals surface area (Å²) in [6.45, 7) is 5.78. The van der Waals surface area contributed by atoms with Gasteiger partial charge in [0.2, 0.25) is 0 Å². The Balaban J connectivity index is 1.90. The minimum Gasteiger partial charge on any atom is -0.320 e. The second kappa shape index (κ2) is 6.45. The van der Waals surface area contributed by atoms with Crippen molar-refractivity contribution in [1.29, 1.82) is 0 Å². The molecule has 1 aromatic heterocycles. The standard InChI is InChI=1S/C18H17ClN4O/c1-11-6-4-9-16(12(11)2)20-18(24)17-13(3)23(22-21-17)15-8-5-7-14(19)10-15/h4-10H,1-3H3,(H,20,24). The number of halogens is 1. The summed E-state index contributed by atoms with van der Waals surface area (Å²) >= 11 is 6.02. The van der Waals surface area contributed by atoms with E-state index < -0.39 is 0 Å². The van der Waals surface area contributed by atoms with E-state index in [9.17, 15) is 4.79 Å². The maximum atomic E-state index is 12.6. The van der Waals surface area contributed by atoms with E-state index in [0.717, 1.165) is 22.5 Å². The third-order valence-electron chi connectivity index (χ3n) is 4.02. The highest BCUT2D eigenvalue weighted by atomic mass is 35.5. The number of carbonyl (C=O) groups is 1. The molecule has 0 saturated carbocycles. The van der Waals surface area contributed by atoms with Gasteiger partial charge < -0.3 is 5.32 Å². The summed E-state index contributed by atoms with van der Waals surface area (Å²) in [7, 11) is 0. The van der Waals surface area contributed by atoms with Gasteiger partial charge in [0.15, 0.2) is 5.69 Å². The molecule has 0 bridgehead atoms. The first kappa shape index (κ1) is 16.2. The van der Waals surface area contributed by atoms with Crippen molar-refractivity contribution in [3.05, 3.63) is 70.0 Å². The topological polar surface area (TPSA) is 59.8 Å². The summed E-state index contributed by atoms with van der Waals surface area (Å²) in [6, 6.07) is 13.0. The van der Waals surface area contributed by atoms with Crippen LogP contribution in [0.3, 0.4) is 0 Å². The second-order valence-electron chi connectivity index (χ2n) is 5.62. The summed E-state index contributed by atoms with van der Waals surface area (Å²) in [5, 5.41) is 11.6. The number of benzene rings is 2. The summed E-state index contributed by atoms with van der Waals surface area (Å²) in [4.78, 5) is 12.6. The Morgan fingerprint density at radius 2 is 1.88 bits per heavy atom. The van der Waals surface area contributed by atoms with Crippen LogP contribution in [-0.2, 0) is 0 Å². The number of anilines is 1. The van der Waals surface area contributed by atoms with Crippen LogP contribution in [0.25, 0.3) is 5.69 Å². The average Bonchev–Trinajstić information content (AvgIpc) is 2.93. The van der Waals surface area contributed by atoms with Crippen molar-refractivity contribution in [2.75, 3.05) is 5.32 Å². The normalized spacial score (nSPS) is 10.7. The van der Waals surface area contributed by atoms with Crippen LogP contribution >= 0.6 is 11.6 Å². The molecular formula is C18H17ClN4O. The van der Waals surface area contributed by atoms with Gasteiger partial charge in [0.05, 0.1) is 11.4 Å². The van der Waals surface area contributed by atoms with Gasteiger partial charge in [0.25, 0.3) is 5.91 Å². The van der Waals surface area contributed by atoms with Gasteiger partial charge >= 0.3 is 0 Å². The molecule has 0 radical (unpaired) electrons. The molecule has 0 spiro atoms. The Morgan fingerprint density at radius 1 is 1.12 bits per heavy atom. The first-order valence-electron chi connectivity index (χ1n) is 7.53. The zero-order valence-electron chi connectivity index (χ0n) is 13.7. The van der Waals surface area contributed by atoms with Gasteiger partial charge in [-0.2, -0.15) is 0 Å². The van der Waals surface area contributed by atoms with Crippen molar-refractivity contribution in [1.82, 2.24) is 15.0 Å². The lowest BCUT2D eigenvalue weighted by molar-refractivity contribution is 0.102. The van der Waals surface area contributed by atoms with Crippen LogP contribution in [0.1, 0.15) is 27.3 Å². The maximum Gasteiger partial charge on any atom is 0.278 e. The van der Waals surface area contributed by atoms with Gasteiger partial charge in [0.1, 0.15) is 0 Å². The quantitative estimate of drug-likeness (QED) is 0.781. The number of carbonyl (C=O) groups excluding carboxylic acids is 1. The smallest absolute Gasteiger partial charge is 0.278 e. The zero-order chi connectivity index (χ0) is 17.3. The number of nitrogens with one attached hydrogen (secondary N) is 1. The minimum atomic E-state index is -0.283. The van der Waals surface area contributed by atoms with Gasteiger partial charge in [-0.25, -0.2) is 4.68 Å². The molecule has 0 saturated heterocycles. The predicted molar refractivity (Wildman–Crippen MR) is 95.0 cm³/mol. The van der Waals surface area contributed by atoms with Crippen molar-refractivity contribution in [2.24, 2.45) is 0 Å². The number of hydrogen-bond acceptors (Lipinski definition) is 3. The molecule has 3 aromatic rings. The lowest BCUT2D eigenvalue weighted by atomic mass is 10.1. The lowest BCUT2D eigenvalue weighted by Gasteiger charge is -2.09. The van der Waals surface area contributed by atoms with Crippen LogP contribution in [0.5, 0.6) is 0 Å². The van der Waals surface area contributed by atoms with Gasteiger partial charge in [0, 0.05) is 10.7 Å². The van der Waals surface area contributed by atoms with Crippen LogP contribution < -0.4 is 5.32 Å². The van der Waals surface area contributed by atoms with Crippen LogP contribution in [0, 0.1) is 20.8 Å². The third-order valence-corrected chi connectivity index (χ3v) is 4.25. The van der Waals surface area contributed by atoms with Crippen molar-refractivity contribution in [2.45, 2.75) is 20.8 Å². The van der Waals surface area contributed by atoms with E-state index in [4.69, 9.17) is 11.6 Å². The SMILES string of the molecule is Cc1cccc(NC(=O)c2nnn(-c3cccc(Cl)c3)c2C)c1C. The maximum absolute atomic E-state index is 12.6. The molecule has 2 aromatic carbocycles. The highest BCUT2D eigenvalue weighted by Crippen LogP contribution is 2.20. The molecule has 122 valence electrons. The fourth-order valence-electron chi connectivity index (χ4n) is 2.46. The number of amides is 1. The molecule has 1 N–H and O–H groups in total. The van der Waals surface area contributed by atoms with Crippen LogP contribution in [0.4, 0.5) is 5.69 Å². The van der Waals surface area contributed by atoms with E-state index >= 15 is 0 Å². The fraction of sp³-hybridized carbons (Fsp3) is 0.167. The molecule has 0 unspecified atom stereocenters. The fourth-order valence-corrected chi connectivity index (χ4v) is 2.64. The summed E-state index contributed by atoms with van der Waals surface area (Å²) in [5.41, 5.74) is 4.63. The minimum absolute atomic E-state index is 0.283. The van der Waals surface area contributed by atoms with Crippen LogP contribution in [-0.4, -0.2) is 20.9 Å². The van der Waals surface area contributed by atoms with Crippen molar-refractivity contribution < 1.29 is 4.79 Å². The molecular weight excluding hydrogens is 324 g/mol. The van der Waals surface area contributed by atoms with Crippen molar-refractivity contribution >= 4 is 23.2 Å². The summed E-state index contributed by atoms with van der Waals surface area (Å²) in [5.74, 6) is -0.283. The number of nitrogens with zero attached hydrogens (tertiary/aromatic N) is 3. The monoisotopic (exact) mass is 340 g/mol. The molecule has 5 nitrogen and oxygen atoms in total.